The first-order chi connectivity index (χ1) is 7.79. The molecule has 3 nitrogen and oxygen atoms in total. The Morgan fingerprint density at radius 3 is 2.88 bits per heavy atom. The zero-order valence-electron chi connectivity index (χ0n) is 9.61. The van der Waals surface area contributed by atoms with Gasteiger partial charge in [-0.2, -0.15) is 0 Å². The van der Waals surface area contributed by atoms with Crippen LogP contribution in [0.3, 0.4) is 0 Å². The third-order valence-electron chi connectivity index (χ3n) is 3.00. The van der Waals surface area contributed by atoms with Crippen molar-refractivity contribution in [3.8, 4) is 5.88 Å². The molecule has 0 unspecified atom stereocenters. The molecule has 0 radical (unpaired) electrons. The molecule has 1 fully saturated rings. The average Bonchev–Trinajstić information content (AvgIpc) is 2.81. The Morgan fingerprint density at radius 1 is 1.44 bits per heavy atom. The molecule has 0 amide bonds. The number of nitrogens with two attached hydrogens (primary N) is 1. The van der Waals surface area contributed by atoms with Crippen molar-refractivity contribution in [2.24, 2.45) is 5.92 Å². The molecule has 2 rings (SSSR count). The van der Waals surface area contributed by atoms with Gasteiger partial charge in [0, 0.05) is 11.8 Å². The van der Waals surface area contributed by atoms with Crippen molar-refractivity contribution in [3.63, 3.8) is 0 Å². The molecule has 0 spiro atoms. The van der Waals surface area contributed by atoms with Crippen molar-refractivity contribution >= 4 is 17.4 Å². The molecule has 0 aliphatic heterocycles. The van der Waals surface area contributed by atoms with Crippen molar-refractivity contribution in [1.82, 2.24) is 4.98 Å². The van der Waals surface area contributed by atoms with Crippen molar-refractivity contribution in [2.75, 3.05) is 18.6 Å². The number of pyridine rings is 1. The highest BCUT2D eigenvalue weighted by molar-refractivity contribution is 7.99. The highest BCUT2D eigenvalue weighted by Crippen LogP contribution is 2.32. The predicted octanol–water partition coefficient (Wildman–Crippen LogP) is 2.95. The van der Waals surface area contributed by atoms with E-state index in [1.54, 1.807) is 24.9 Å². The first kappa shape index (κ1) is 11.6. The van der Waals surface area contributed by atoms with Crippen LogP contribution < -0.4 is 10.5 Å². The lowest BCUT2D eigenvalue weighted by molar-refractivity contribution is 0.395. The summed E-state index contributed by atoms with van der Waals surface area (Å²) in [5.74, 6) is 2.62. The van der Waals surface area contributed by atoms with Crippen molar-refractivity contribution in [3.05, 3.63) is 12.1 Å². The number of thioether (sulfide) groups is 1. The molecule has 88 valence electrons. The second-order valence-electron chi connectivity index (χ2n) is 4.21. The van der Waals surface area contributed by atoms with Crippen molar-refractivity contribution in [2.45, 2.75) is 30.7 Å². The molecule has 16 heavy (non-hydrogen) atoms. The molecule has 0 saturated heterocycles. The van der Waals surface area contributed by atoms with Gasteiger partial charge in [0.25, 0.3) is 0 Å². The van der Waals surface area contributed by atoms with Crippen LogP contribution in [0.25, 0.3) is 0 Å². The largest absolute Gasteiger partial charge is 0.481 e. The fraction of sp³-hybridized carbons (Fsp3) is 0.583. The number of hydrogen-bond acceptors (Lipinski definition) is 4. The van der Waals surface area contributed by atoms with E-state index < -0.39 is 0 Å². The van der Waals surface area contributed by atoms with Crippen LogP contribution in [-0.2, 0) is 0 Å². The molecule has 1 aromatic rings. The van der Waals surface area contributed by atoms with Gasteiger partial charge in [-0.25, -0.2) is 4.98 Å². The van der Waals surface area contributed by atoms with E-state index >= 15 is 0 Å². The van der Waals surface area contributed by atoms with Crippen LogP contribution >= 0.6 is 11.8 Å². The van der Waals surface area contributed by atoms with Crippen molar-refractivity contribution in [1.29, 1.82) is 0 Å². The van der Waals surface area contributed by atoms with Gasteiger partial charge >= 0.3 is 0 Å². The van der Waals surface area contributed by atoms with E-state index in [4.69, 9.17) is 10.5 Å². The van der Waals surface area contributed by atoms with E-state index in [0.29, 0.717) is 5.88 Å². The molecule has 1 aromatic heterocycles. The number of aromatic nitrogens is 1. The van der Waals surface area contributed by atoms with Gasteiger partial charge in [0.05, 0.1) is 12.8 Å². The van der Waals surface area contributed by atoms with Crippen LogP contribution in [0, 0.1) is 5.92 Å². The van der Waals surface area contributed by atoms with Crippen LogP contribution in [0.5, 0.6) is 5.88 Å². The molecule has 0 bridgehead atoms. The fourth-order valence-electron chi connectivity index (χ4n) is 2.04. The van der Waals surface area contributed by atoms with Gasteiger partial charge in [-0.05, 0) is 24.8 Å². The standard InChI is InChI=1S/C12H18N2OS/c1-15-11-7-6-10(13)12(14-11)16-8-9-4-2-3-5-9/h6-7,9H,2-5,8,13H2,1H3. The molecule has 0 atom stereocenters. The molecular formula is C12H18N2OS. The minimum absolute atomic E-state index is 0.642. The summed E-state index contributed by atoms with van der Waals surface area (Å²) in [4.78, 5) is 4.37. The van der Waals surface area contributed by atoms with Gasteiger partial charge in [0.2, 0.25) is 5.88 Å². The van der Waals surface area contributed by atoms with Gasteiger partial charge in [-0.15, -0.1) is 11.8 Å². The minimum atomic E-state index is 0.642. The van der Waals surface area contributed by atoms with Gasteiger partial charge in [0.1, 0.15) is 5.03 Å². The summed E-state index contributed by atoms with van der Waals surface area (Å²) in [6.07, 6.45) is 5.48. The summed E-state index contributed by atoms with van der Waals surface area (Å²) in [5.41, 5.74) is 6.64. The molecule has 2 N–H and O–H groups in total. The molecule has 1 saturated carbocycles. The second-order valence-corrected chi connectivity index (χ2v) is 5.22. The summed E-state index contributed by atoms with van der Waals surface area (Å²) in [5, 5.41) is 0.909. The SMILES string of the molecule is COc1ccc(N)c(SCC2CCCC2)n1. The maximum atomic E-state index is 5.89. The summed E-state index contributed by atoms with van der Waals surface area (Å²) >= 11 is 1.76. The molecule has 1 aliphatic carbocycles. The number of anilines is 1. The van der Waals surface area contributed by atoms with Gasteiger partial charge in [-0.3, -0.25) is 0 Å². The molecular weight excluding hydrogens is 220 g/mol. The number of ether oxygens (including phenoxy) is 1. The average molecular weight is 238 g/mol. The summed E-state index contributed by atoms with van der Waals surface area (Å²) in [7, 11) is 1.63. The lowest BCUT2D eigenvalue weighted by Gasteiger charge is -2.10. The van der Waals surface area contributed by atoms with Crippen LogP contribution in [0.15, 0.2) is 17.2 Å². The first-order valence-electron chi connectivity index (χ1n) is 5.73. The highest BCUT2D eigenvalue weighted by atomic mass is 32.2. The topological polar surface area (TPSA) is 48.1 Å². The zero-order chi connectivity index (χ0) is 11.4. The number of nitrogen functional groups attached to an aromatic ring is 1. The zero-order valence-corrected chi connectivity index (χ0v) is 10.4. The van der Waals surface area contributed by atoms with Gasteiger partial charge in [-0.1, -0.05) is 12.8 Å². The normalized spacial score (nSPS) is 16.6. The van der Waals surface area contributed by atoms with Crippen molar-refractivity contribution < 1.29 is 4.74 Å². The highest BCUT2D eigenvalue weighted by Gasteiger charge is 2.16. The molecule has 1 heterocycles. The van der Waals surface area contributed by atoms with E-state index in [-0.39, 0.29) is 0 Å². The van der Waals surface area contributed by atoms with Crippen LogP contribution in [0.1, 0.15) is 25.7 Å². The Kier molecular flexibility index (Phi) is 3.93. The first-order valence-corrected chi connectivity index (χ1v) is 6.71. The second kappa shape index (κ2) is 5.43. The summed E-state index contributed by atoms with van der Waals surface area (Å²) in [6.45, 7) is 0. The fourth-order valence-corrected chi connectivity index (χ4v) is 3.15. The van der Waals surface area contributed by atoms with Gasteiger partial charge < -0.3 is 10.5 Å². The summed E-state index contributed by atoms with van der Waals surface area (Å²) in [6, 6.07) is 3.66. The quantitative estimate of drug-likeness (QED) is 0.819. The molecule has 1 aliphatic rings. The van der Waals surface area contributed by atoms with Crippen LogP contribution in [-0.4, -0.2) is 17.8 Å². The number of rotatable bonds is 4. The minimum Gasteiger partial charge on any atom is -0.481 e. The van der Waals surface area contributed by atoms with Crippen LogP contribution in [0.2, 0.25) is 0 Å². The van der Waals surface area contributed by atoms with E-state index in [1.807, 2.05) is 6.07 Å². The smallest absolute Gasteiger partial charge is 0.214 e. The Balaban J connectivity index is 1.96. The Morgan fingerprint density at radius 2 is 2.19 bits per heavy atom. The maximum Gasteiger partial charge on any atom is 0.214 e. The van der Waals surface area contributed by atoms with E-state index in [2.05, 4.69) is 4.98 Å². The van der Waals surface area contributed by atoms with E-state index in [1.165, 1.54) is 25.7 Å². The number of methoxy groups -OCH3 is 1. The third-order valence-corrected chi connectivity index (χ3v) is 4.24. The van der Waals surface area contributed by atoms with E-state index in [0.717, 1.165) is 22.4 Å². The maximum absolute atomic E-state index is 5.89. The Hall–Kier alpha value is -0.900. The lowest BCUT2D eigenvalue weighted by atomic mass is 10.1. The number of nitrogens with zero attached hydrogens (tertiary/aromatic N) is 1. The monoisotopic (exact) mass is 238 g/mol. The Labute approximate surface area is 101 Å². The number of hydrogen-bond donors (Lipinski definition) is 1. The summed E-state index contributed by atoms with van der Waals surface area (Å²) < 4.78 is 5.10. The third kappa shape index (κ3) is 2.82. The predicted molar refractivity (Wildman–Crippen MR) is 67.9 cm³/mol. The van der Waals surface area contributed by atoms with Crippen LogP contribution in [0.4, 0.5) is 5.69 Å². The molecule has 0 aromatic carbocycles. The Bertz CT molecular complexity index is 351. The van der Waals surface area contributed by atoms with E-state index in [9.17, 15) is 0 Å². The van der Waals surface area contributed by atoms with Gasteiger partial charge in [0.15, 0.2) is 0 Å². The molecule has 4 heteroatoms. The lowest BCUT2D eigenvalue weighted by Crippen LogP contribution is -2.00.